The maximum atomic E-state index is 12.1. The van der Waals surface area contributed by atoms with Gasteiger partial charge in [0.15, 0.2) is 0 Å². The molecule has 4 heteroatoms. The first-order valence-corrected chi connectivity index (χ1v) is 9.34. The van der Waals surface area contributed by atoms with Gasteiger partial charge in [-0.3, -0.25) is 0 Å². The molecular formula is C23H19ClO3. The summed E-state index contributed by atoms with van der Waals surface area (Å²) in [4.78, 5) is 12.1. The van der Waals surface area contributed by atoms with Crippen LogP contribution in [-0.4, -0.2) is 12.1 Å². The molecule has 1 saturated carbocycles. The second kappa shape index (κ2) is 7.85. The van der Waals surface area contributed by atoms with Gasteiger partial charge in [-0.1, -0.05) is 41.9 Å². The highest BCUT2D eigenvalue weighted by Crippen LogP contribution is 2.40. The van der Waals surface area contributed by atoms with E-state index in [-0.39, 0.29) is 12.1 Å². The SMILES string of the molecule is O=C(OC1CC(c2cccc(Oc3ccc(Cl)cc3)c2)C1)c1ccccc1. The van der Waals surface area contributed by atoms with Crippen LogP contribution in [0.25, 0.3) is 0 Å². The van der Waals surface area contributed by atoms with E-state index in [4.69, 9.17) is 21.1 Å². The summed E-state index contributed by atoms with van der Waals surface area (Å²) < 4.78 is 11.5. The third kappa shape index (κ3) is 4.32. The summed E-state index contributed by atoms with van der Waals surface area (Å²) >= 11 is 5.91. The smallest absolute Gasteiger partial charge is 0.338 e. The van der Waals surface area contributed by atoms with Gasteiger partial charge in [-0.05, 0) is 72.9 Å². The predicted molar refractivity (Wildman–Crippen MR) is 106 cm³/mol. The molecule has 0 radical (unpaired) electrons. The summed E-state index contributed by atoms with van der Waals surface area (Å²) in [7, 11) is 0. The Labute approximate surface area is 163 Å². The van der Waals surface area contributed by atoms with Gasteiger partial charge in [0.1, 0.15) is 17.6 Å². The molecule has 4 rings (SSSR count). The molecule has 0 spiro atoms. The highest BCUT2D eigenvalue weighted by Gasteiger charge is 2.33. The van der Waals surface area contributed by atoms with Gasteiger partial charge in [0, 0.05) is 5.02 Å². The third-order valence-corrected chi connectivity index (χ3v) is 5.01. The number of carbonyl (C=O) groups is 1. The van der Waals surface area contributed by atoms with Crippen molar-refractivity contribution >= 4 is 17.6 Å². The predicted octanol–water partition coefficient (Wildman–Crippen LogP) is 6.24. The van der Waals surface area contributed by atoms with Crippen molar-refractivity contribution in [2.75, 3.05) is 0 Å². The number of benzene rings is 3. The van der Waals surface area contributed by atoms with Crippen LogP contribution in [0.5, 0.6) is 11.5 Å². The minimum atomic E-state index is -0.251. The Morgan fingerprint density at radius 3 is 2.33 bits per heavy atom. The molecule has 1 fully saturated rings. The van der Waals surface area contributed by atoms with Crippen LogP contribution in [-0.2, 0) is 4.74 Å². The fourth-order valence-electron chi connectivity index (χ4n) is 3.20. The number of esters is 1. The monoisotopic (exact) mass is 378 g/mol. The van der Waals surface area contributed by atoms with E-state index in [1.165, 1.54) is 5.56 Å². The van der Waals surface area contributed by atoms with Crippen molar-refractivity contribution in [2.24, 2.45) is 0 Å². The molecule has 1 aliphatic carbocycles. The number of ether oxygens (including phenoxy) is 2. The van der Waals surface area contributed by atoms with Crippen molar-refractivity contribution in [3.05, 3.63) is 95.0 Å². The van der Waals surface area contributed by atoms with E-state index in [9.17, 15) is 4.79 Å². The van der Waals surface area contributed by atoms with Gasteiger partial charge < -0.3 is 9.47 Å². The van der Waals surface area contributed by atoms with Crippen LogP contribution in [0.4, 0.5) is 0 Å². The Morgan fingerprint density at radius 2 is 1.59 bits per heavy atom. The Hall–Kier alpha value is -2.78. The molecule has 3 aromatic carbocycles. The standard InChI is InChI=1S/C23H19ClO3/c24-19-9-11-20(12-10-19)26-21-8-4-7-17(13-21)18-14-22(15-18)27-23(25)16-5-2-1-3-6-16/h1-13,18,22H,14-15H2. The van der Waals surface area contributed by atoms with Crippen molar-refractivity contribution in [3.63, 3.8) is 0 Å². The molecule has 3 nitrogen and oxygen atoms in total. The van der Waals surface area contributed by atoms with Crippen molar-refractivity contribution in [2.45, 2.75) is 24.9 Å². The van der Waals surface area contributed by atoms with Crippen LogP contribution < -0.4 is 4.74 Å². The molecule has 0 unspecified atom stereocenters. The second-order valence-electron chi connectivity index (χ2n) is 6.69. The number of rotatable bonds is 5. The van der Waals surface area contributed by atoms with Gasteiger partial charge in [-0.15, -0.1) is 0 Å². The number of carbonyl (C=O) groups excluding carboxylic acids is 1. The van der Waals surface area contributed by atoms with E-state index >= 15 is 0 Å². The molecular weight excluding hydrogens is 360 g/mol. The molecule has 1 aliphatic rings. The van der Waals surface area contributed by atoms with Crippen LogP contribution in [0.3, 0.4) is 0 Å². The van der Waals surface area contributed by atoms with Gasteiger partial charge in [0.25, 0.3) is 0 Å². The van der Waals surface area contributed by atoms with E-state index in [1.54, 1.807) is 24.3 Å². The maximum absolute atomic E-state index is 12.1. The molecule has 0 amide bonds. The summed E-state index contributed by atoms with van der Waals surface area (Å²) in [5.74, 6) is 1.67. The van der Waals surface area contributed by atoms with Crippen LogP contribution >= 0.6 is 11.6 Å². The number of halogens is 1. The zero-order valence-electron chi connectivity index (χ0n) is 14.7. The van der Waals surface area contributed by atoms with E-state index < -0.39 is 0 Å². The average molecular weight is 379 g/mol. The minimum Gasteiger partial charge on any atom is -0.459 e. The van der Waals surface area contributed by atoms with Gasteiger partial charge >= 0.3 is 5.97 Å². The second-order valence-corrected chi connectivity index (χ2v) is 7.13. The van der Waals surface area contributed by atoms with E-state index in [0.717, 1.165) is 24.3 Å². The summed E-state index contributed by atoms with van der Waals surface area (Å²) in [6.07, 6.45) is 1.65. The molecule has 0 aromatic heterocycles. The Kier molecular flexibility index (Phi) is 5.12. The molecule has 0 heterocycles. The van der Waals surface area contributed by atoms with E-state index in [0.29, 0.717) is 16.5 Å². The fourth-order valence-corrected chi connectivity index (χ4v) is 3.32. The average Bonchev–Trinajstić information content (AvgIpc) is 2.67. The number of hydrogen-bond acceptors (Lipinski definition) is 3. The molecule has 136 valence electrons. The largest absolute Gasteiger partial charge is 0.459 e. The first-order valence-electron chi connectivity index (χ1n) is 8.97. The zero-order chi connectivity index (χ0) is 18.6. The Morgan fingerprint density at radius 1 is 0.852 bits per heavy atom. The quantitative estimate of drug-likeness (QED) is 0.493. The first-order chi connectivity index (χ1) is 13.2. The van der Waals surface area contributed by atoms with Crippen LogP contribution in [0.15, 0.2) is 78.9 Å². The van der Waals surface area contributed by atoms with Gasteiger partial charge in [-0.25, -0.2) is 4.79 Å². The first kappa shape index (κ1) is 17.6. The third-order valence-electron chi connectivity index (χ3n) is 4.76. The highest BCUT2D eigenvalue weighted by molar-refractivity contribution is 6.30. The number of hydrogen-bond donors (Lipinski definition) is 0. The molecule has 0 N–H and O–H groups in total. The normalized spacial score (nSPS) is 18.4. The zero-order valence-corrected chi connectivity index (χ0v) is 15.4. The van der Waals surface area contributed by atoms with Crippen molar-refractivity contribution in [3.8, 4) is 11.5 Å². The maximum Gasteiger partial charge on any atom is 0.338 e. The minimum absolute atomic E-state index is 0.0245. The highest BCUT2D eigenvalue weighted by atomic mass is 35.5. The Balaban J connectivity index is 1.34. The molecule has 0 aliphatic heterocycles. The van der Waals surface area contributed by atoms with Crippen molar-refractivity contribution < 1.29 is 14.3 Å². The molecule has 0 saturated heterocycles. The van der Waals surface area contributed by atoms with Crippen LogP contribution in [0.2, 0.25) is 5.02 Å². The molecule has 27 heavy (non-hydrogen) atoms. The fraction of sp³-hybridized carbons (Fsp3) is 0.174. The molecule has 0 bridgehead atoms. The van der Waals surface area contributed by atoms with E-state index in [1.807, 2.05) is 42.5 Å². The van der Waals surface area contributed by atoms with Gasteiger partial charge in [0.2, 0.25) is 0 Å². The van der Waals surface area contributed by atoms with Gasteiger partial charge in [0.05, 0.1) is 5.56 Å². The topological polar surface area (TPSA) is 35.5 Å². The lowest BCUT2D eigenvalue weighted by atomic mass is 9.77. The lowest BCUT2D eigenvalue weighted by Crippen LogP contribution is -2.31. The lowest BCUT2D eigenvalue weighted by Gasteiger charge is -2.35. The van der Waals surface area contributed by atoms with Crippen LogP contribution in [0.1, 0.15) is 34.7 Å². The molecule has 3 aromatic rings. The summed E-state index contributed by atoms with van der Waals surface area (Å²) in [6.45, 7) is 0. The summed E-state index contributed by atoms with van der Waals surface area (Å²) in [5.41, 5.74) is 1.80. The summed E-state index contributed by atoms with van der Waals surface area (Å²) in [5, 5.41) is 0.682. The van der Waals surface area contributed by atoms with Gasteiger partial charge in [-0.2, -0.15) is 0 Å². The van der Waals surface area contributed by atoms with Crippen molar-refractivity contribution in [1.82, 2.24) is 0 Å². The molecule has 0 atom stereocenters. The van der Waals surface area contributed by atoms with E-state index in [2.05, 4.69) is 12.1 Å². The lowest BCUT2D eigenvalue weighted by molar-refractivity contribution is 0.00207. The van der Waals surface area contributed by atoms with Crippen LogP contribution in [0, 0.1) is 0 Å². The van der Waals surface area contributed by atoms with Crippen molar-refractivity contribution in [1.29, 1.82) is 0 Å². The Bertz CT molecular complexity index is 916. The summed E-state index contributed by atoms with van der Waals surface area (Å²) in [6, 6.07) is 24.5.